The van der Waals surface area contributed by atoms with Crippen molar-refractivity contribution in [1.82, 2.24) is 5.32 Å². The van der Waals surface area contributed by atoms with E-state index in [1.54, 1.807) is 7.11 Å². The van der Waals surface area contributed by atoms with Gasteiger partial charge >= 0.3 is 0 Å². The fraction of sp³-hybridized carbons (Fsp3) is 0.286. The lowest BCUT2D eigenvalue weighted by Crippen LogP contribution is -2.18. The number of methoxy groups -OCH3 is 1. The number of halogens is 1. The molecule has 3 heteroatoms. The normalized spacial score (nSPS) is 10.9. The summed E-state index contributed by atoms with van der Waals surface area (Å²) in [4.78, 5) is 0. The number of ether oxygens (including phenoxy) is 1. The summed E-state index contributed by atoms with van der Waals surface area (Å²) in [6.45, 7) is 2.49. The van der Waals surface area contributed by atoms with Gasteiger partial charge in [0.25, 0.3) is 0 Å². The second-order valence-electron chi connectivity index (χ2n) is 3.92. The molecule has 0 aliphatic carbocycles. The number of hydrogen-bond acceptors (Lipinski definition) is 2. The van der Waals surface area contributed by atoms with Crippen LogP contribution >= 0.6 is 15.9 Å². The van der Waals surface area contributed by atoms with Crippen LogP contribution in [0.2, 0.25) is 0 Å². The minimum atomic E-state index is 0.745. The molecule has 1 N–H and O–H groups in total. The molecule has 0 spiro atoms. The molecule has 0 aliphatic rings. The molecule has 0 saturated carbocycles. The van der Waals surface area contributed by atoms with E-state index in [1.807, 2.05) is 0 Å². The van der Waals surface area contributed by atoms with Crippen LogP contribution in [-0.2, 0) is 11.3 Å². The Labute approximate surface area is 110 Å². The summed E-state index contributed by atoms with van der Waals surface area (Å²) >= 11 is 3.58. The minimum Gasteiger partial charge on any atom is -0.383 e. The number of benzene rings is 2. The van der Waals surface area contributed by atoms with Crippen molar-refractivity contribution in [2.24, 2.45) is 0 Å². The van der Waals surface area contributed by atoms with E-state index in [1.165, 1.54) is 16.3 Å². The first-order chi connectivity index (χ1) is 8.33. The summed E-state index contributed by atoms with van der Waals surface area (Å²) in [5.74, 6) is 0. The first-order valence-corrected chi connectivity index (χ1v) is 6.48. The van der Waals surface area contributed by atoms with Crippen LogP contribution in [0.25, 0.3) is 10.8 Å². The predicted octanol–water partition coefficient (Wildman–Crippen LogP) is 3.34. The van der Waals surface area contributed by atoms with Gasteiger partial charge in [0.05, 0.1) is 6.61 Å². The molecule has 17 heavy (non-hydrogen) atoms. The van der Waals surface area contributed by atoms with Gasteiger partial charge in [-0.3, -0.25) is 0 Å². The van der Waals surface area contributed by atoms with Crippen molar-refractivity contribution in [3.8, 4) is 0 Å². The lowest BCUT2D eigenvalue weighted by Gasteiger charge is -2.09. The minimum absolute atomic E-state index is 0.745. The zero-order valence-corrected chi connectivity index (χ0v) is 11.5. The van der Waals surface area contributed by atoms with Gasteiger partial charge < -0.3 is 10.1 Å². The molecule has 0 aliphatic heterocycles. The standard InChI is InChI=1S/C14H16BrNO/c1-17-9-8-16-10-11-6-7-14(15)13-5-3-2-4-12(11)13/h2-7,16H,8-10H2,1H3. The van der Waals surface area contributed by atoms with Gasteiger partial charge in [-0.25, -0.2) is 0 Å². The zero-order valence-electron chi connectivity index (χ0n) is 9.87. The molecule has 0 unspecified atom stereocenters. The molecular formula is C14H16BrNO. The molecule has 0 fully saturated rings. The van der Waals surface area contributed by atoms with Crippen LogP contribution in [0.15, 0.2) is 40.9 Å². The van der Waals surface area contributed by atoms with Crippen LogP contribution < -0.4 is 5.32 Å². The first kappa shape index (κ1) is 12.6. The SMILES string of the molecule is COCCNCc1ccc(Br)c2ccccc12. The van der Waals surface area contributed by atoms with E-state index in [0.29, 0.717) is 0 Å². The number of rotatable bonds is 5. The van der Waals surface area contributed by atoms with Gasteiger partial charge in [0, 0.05) is 24.7 Å². The molecule has 0 heterocycles. The van der Waals surface area contributed by atoms with Crippen LogP contribution in [0.3, 0.4) is 0 Å². The summed E-state index contributed by atoms with van der Waals surface area (Å²) in [5.41, 5.74) is 1.32. The Morgan fingerprint density at radius 1 is 1.12 bits per heavy atom. The van der Waals surface area contributed by atoms with Crippen molar-refractivity contribution >= 4 is 26.7 Å². The van der Waals surface area contributed by atoms with Crippen molar-refractivity contribution in [3.63, 3.8) is 0 Å². The van der Waals surface area contributed by atoms with E-state index in [-0.39, 0.29) is 0 Å². The summed E-state index contributed by atoms with van der Waals surface area (Å²) < 4.78 is 6.16. The number of nitrogens with one attached hydrogen (secondary N) is 1. The highest BCUT2D eigenvalue weighted by Crippen LogP contribution is 2.26. The summed E-state index contributed by atoms with van der Waals surface area (Å²) in [6, 6.07) is 12.7. The third kappa shape index (κ3) is 3.06. The molecule has 90 valence electrons. The molecule has 0 saturated heterocycles. The predicted molar refractivity (Wildman–Crippen MR) is 75.2 cm³/mol. The Hall–Kier alpha value is -0.900. The Balaban J connectivity index is 2.20. The first-order valence-electron chi connectivity index (χ1n) is 5.68. The van der Waals surface area contributed by atoms with Crippen molar-refractivity contribution < 1.29 is 4.74 Å². The zero-order chi connectivity index (χ0) is 12.1. The summed E-state index contributed by atoms with van der Waals surface area (Å²) in [6.07, 6.45) is 0. The van der Waals surface area contributed by atoms with Gasteiger partial charge in [0.2, 0.25) is 0 Å². The second-order valence-corrected chi connectivity index (χ2v) is 4.78. The maximum Gasteiger partial charge on any atom is 0.0587 e. The molecule has 2 aromatic rings. The van der Waals surface area contributed by atoms with Crippen LogP contribution in [0.1, 0.15) is 5.56 Å². The number of hydrogen-bond donors (Lipinski definition) is 1. The molecule has 2 aromatic carbocycles. The van der Waals surface area contributed by atoms with E-state index >= 15 is 0 Å². The molecular weight excluding hydrogens is 278 g/mol. The Morgan fingerprint density at radius 2 is 1.88 bits per heavy atom. The maximum absolute atomic E-state index is 5.02. The fourth-order valence-electron chi connectivity index (χ4n) is 1.88. The second kappa shape index (κ2) is 6.15. The third-order valence-electron chi connectivity index (χ3n) is 2.76. The number of fused-ring (bicyclic) bond motifs is 1. The summed E-state index contributed by atoms with van der Waals surface area (Å²) in [5, 5.41) is 5.93. The van der Waals surface area contributed by atoms with Crippen LogP contribution in [0.5, 0.6) is 0 Å². The average molecular weight is 294 g/mol. The van der Waals surface area contributed by atoms with Crippen molar-refractivity contribution in [3.05, 3.63) is 46.4 Å². The van der Waals surface area contributed by atoms with Gasteiger partial charge in [0.15, 0.2) is 0 Å². The molecule has 0 radical (unpaired) electrons. The van der Waals surface area contributed by atoms with Crippen LogP contribution in [0, 0.1) is 0 Å². The maximum atomic E-state index is 5.02. The lowest BCUT2D eigenvalue weighted by atomic mass is 10.0. The Bertz CT molecular complexity index is 499. The highest BCUT2D eigenvalue weighted by atomic mass is 79.9. The van der Waals surface area contributed by atoms with Crippen molar-refractivity contribution in [2.75, 3.05) is 20.3 Å². The van der Waals surface area contributed by atoms with Gasteiger partial charge in [-0.15, -0.1) is 0 Å². The van der Waals surface area contributed by atoms with Gasteiger partial charge in [0.1, 0.15) is 0 Å². The monoisotopic (exact) mass is 293 g/mol. The van der Waals surface area contributed by atoms with Gasteiger partial charge in [-0.1, -0.05) is 46.3 Å². The Kier molecular flexibility index (Phi) is 4.54. The van der Waals surface area contributed by atoms with E-state index in [4.69, 9.17) is 4.74 Å². The molecule has 2 nitrogen and oxygen atoms in total. The molecule has 0 aromatic heterocycles. The lowest BCUT2D eigenvalue weighted by molar-refractivity contribution is 0.199. The molecule has 0 bridgehead atoms. The quantitative estimate of drug-likeness (QED) is 0.854. The van der Waals surface area contributed by atoms with Gasteiger partial charge in [-0.2, -0.15) is 0 Å². The largest absolute Gasteiger partial charge is 0.383 e. The Morgan fingerprint density at radius 3 is 2.65 bits per heavy atom. The van der Waals surface area contributed by atoms with E-state index in [2.05, 4.69) is 57.6 Å². The van der Waals surface area contributed by atoms with Crippen LogP contribution in [0.4, 0.5) is 0 Å². The fourth-order valence-corrected chi connectivity index (χ4v) is 2.35. The van der Waals surface area contributed by atoms with Gasteiger partial charge in [-0.05, 0) is 22.4 Å². The highest BCUT2D eigenvalue weighted by Gasteiger charge is 2.03. The average Bonchev–Trinajstić information content (AvgIpc) is 2.37. The topological polar surface area (TPSA) is 21.3 Å². The summed E-state index contributed by atoms with van der Waals surface area (Å²) in [7, 11) is 1.72. The van der Waals surface area contributed by atoms with E-state index < -0.39 is 0 Å². The molecule has 0 atom stereocenters. The smallest absolute Gasteiger partial charge is 0.0587 e. The van der Waals surface area contributed by atoms with E-state index in [0.717, 1.165) is 24.2 Å². The third-order valence-corrected chi connectivity index (χ3v) is 3.45. The van der Waals surface area contributed by atoms with Crippen LogP contribution in [-0.4, -0.2) is 20.3 Å². The molecule has 0 amide bonds. The van der Waals surface area contributed by atoms with Crippen molar-refractivity contribution in [1.29, 1.82) is 0 Å². The van der Waals surface area contributed by atoms with E-state index in [9.17, 15) is 0 Å². The highest BCUT2D eigenvalue weighted by molar-refractivity contribution is 9.10. The van der Waals surface area contributed by atoms with Crippen molar-refractivity contribution in [2.45, 2.75) is 6.54 Å². The molecule has 2 rings (SSSR count).